The summed E-state index contributed by atoms with van der Waals surface area (Å²) < 4.78 is 59.5. The molecule has 0 unspecified atom stereocenters. The predicted molar refractivity (Wildman–Crippen MR) is 93.2 cm³/mol. The second-order valence-corrected chi connectivity index (χ2v) is 7.39. The zero-order valence-electron chi connectivity index (χ0n) is 14.1. The number of benzene rings is 2. The van der Waals surface area contributed by atoms with Crippen molar-refractivity contribution in [3.63, 3.8) is 0 Å². The Labute approximate surface area is 149 Å². The fraction of sp³-hybridized carbons (Fsp3) is 0.167. The van der Waals surface area contributed by atoms with Gasteiger partial charge in [-0.15, -0.1) is 0 Å². The van der Waals surface area contributed by atoms with Gasteiger partial charge in [-0.25, -0.2) is 17.2 Å². The van der Waals surface area contributed by atoms with E-state index in [9.17, 15) is 17.2 Å². The molecule has 5 nitrogen and oxygen atoms in total. The first-order valence-electron chi connectivity index (χ1n) is 7.84. The molecule has 8 heteroatoms. The van der Waals surface area contributed by atoms with Gasteiger partial charge < -0.3 is 4.52 Å². The molecular weight excluding hydrogens is 362 g/mol. The summed E-state index contributed by atoms with van der Waals surface area (Å²) in [5.41, 5.74) is 1.74. The minimum absolute atomic E-state index is 0.0382. The summed E-state index contributed by atoms with van der Waals surface area (Å²) in [6.07, 6.45) is 0.476. The van der Waals surface area contributed by atoms with E-state index in [2.05, 4.69) is 9.88 Å². The van der Waals surface area contributed by atoms with Gasteiger partial charge in [-0.05, 0) is 37.1 Å². The smallest absolute Gasteiger partial charge is 0.262 e. The molecule has 26 heavy (non-hydrogen) atoms. The minimum Gasteiger partial charge on any atom is -0.356 e. The summed E-state index contributed by atoms with van der Waals surface area (Å²) >= 11 is 0. The highest BCUT2D eigenvalue weighted by Crippen LogP contribution is 2.28. The van der Waals surface area contributed by atoms with Crippen LogP contribution in [0.4, 0.5) is 14.5 Å². The lowest BCUT2D eigenvalue weighted by atomic mass is 10.1. The summed E-state index contributed by atoms with van der Waals surface area (Å²) in [5, 5.41) is 3.80. The van der Waals surface area contributed by atoms with Crippen LogP contribution in [0.2, 0.25) is 0 Å². The van der Waals surface area contributed by atoms with Gasteiger partial charge in [-0.3, -0.25) is 4.72 Å². The summed E-state index contributed by atoms with van der Waals surface area (Å²) in [6, 6.07) is 9.42. The number of aryl methyl sites for hydroxylation is 2. The molecule has 1 aromatic heterocycles. The maximum Gasteiger partial charge on any atom is 0.262 e. The second kappa shape index (κ2) is 6.87. The molecule has 0 aliphatic rings. The van der Waals surface area contributed by atoms with E-state index in [1.807, 2.05) is 6.92 Å². The number of halogens is 2. The Balaban J connectivity index is 2.03. The van der Waals surface area contributed by atoms with Crippen LogP contribution in [0.25, 0.3) is 11.3 Å². The van der Waals surface area contributed by atoms with Crippen LogP contribution < -0.4 is 4.72 Å². The van der Waals surface area contributed by atoms with Crippen molar-refractivity contribution in [3.8, 4) is 11.3 Å². The molecular formula is C18H16F2N2O3S. The Bertz CT molecular complexity index is 1060. The van der Waals surface area contributed by atoms with Crippen LogP contribution in [0.3, 0.4) is 0 Å². The van der Waals surface area contributed by atoms with Crippen LogP contribution in [0.1, 0.15) is 18.2 Å². The highest BCUT2D eigenvalue weighted by Gasteiger charge is 2.20. The van der Waals surface area contributed by atoms with Gasteiger partial charge in [0.1, 0.15) is 0 Å². The minimum atomic E-state index is -4.01. The van der Waals surface area contributed by atoms with Gasteiger partial charge in [0, 0.05) is 17.7 Å². The molecule has 1 heterocycles. The van der Waals surface area contributed by atoms with Gasteiger partial charge in [-0.1, -0.05) is 24.2 Å². The van der Waals surface area contributed by atoms with Gasteiger partial charge in [0.2, 0.25) is 0 Å². The molecule has 0 saturated carbocycles. The molecule has 0 fully saturated rings. The lowest BCUT2D eigenvalue weighted by molar-refractivity contribution is 0.427. The van der Waals surface area contributed by atoms with Crippen LogP contribution in [-0.2, 0) is 16.4 Å². The third kappa shape index (κ3) is 3.60. The number of hydrogen-bond acceptors (Lipinski definition) is 4. The molecule has 3 rings (SSSR count). The monoisotopic (exact) mass is 378 g/mol. The lowest BCUT2D eigenvalue weighted by Gasteiger charge is -2.13. The predicted octanol–water partition coefficient (Wildman–Crippen LogP) is 4.29. The Morgan fingerprint density at radius 3 is 2.46 bits per heavy atom. The summed E-state index contributed by atoms with van der Waals surface area (Å²) in [5.74, 6) is -1.74. The van der Waals surface area contributed by atoms with Crippen LogP contribution >= 0.6 is 0 Å². The Kier molecular flexibility index (Phi) is 4.78. The van der Waals surface area contributed by atoms with Crippen molar-refractivity contribution in [3.05, 3.63) is 65.4 Å². The first-order valence-corrected chi connectivity index (χ1v) is 9.33. The standard InChI is InChI=1S/C18H16F2N2O3S/c1-3-12-4-5-13(17-8-11(2)21-25-17)9-18(12)26(23,24)22-14-6-7-15(19)16(20)10-14/h4-10,22H,3H2,1-2H3. The number of aromatic nitrogens is 1. The fourth-order valence-corrected chi connectivity index (χ4v) is 3.91. The molecule has 1 N–H and O–H groups in total. The number of nitrogens with zero attached hydrogens (tertiary/aromatic N) is 1. The fourth-order valence-electron chi connectivity index (χ4n) is 2.52. The van der Waals surface area contributed by atoms with Gasteiger partial charge in [0.15, 0.2) is 17.4 Å². The van der Waals surface area contributed by atoms with E-state index >= 15 is 0 Å². The molecule has 0 spiro atoms. The Morgan fingerprint density at radius 1 is 1.08 bits per heavy atom. The maximum atomic E-state index is 13.4. The van der Waals surface area contributed by atoms with Crippen LogP contribution in [0.15, 0.2) is 51.9 Å². The van der Waals surface area contributed by atoms with Crippen molar-refractivity contribution in [2.75, 3.05) is 4.72 Å². The molecule has 0 bridgehead atoms. The highest BCUT2D eigenvalue weighted by atomic mass is 32.2. The number of anilines is 1. The number of nitrogens with one attached hydrogen (secondary N) is 1. The highest BCUT2D eigenvalue weighted by molar-refractivity contribution is 7.92. The summed E-state index contributed by atoms with van der Waals surface area (Å²) in [6.45, 7) is 3.58. The van der Waals surface area contributed by atoms with E-state index in [4.69, 9.17) is 4.52 Å². The van der Waals surface area contributed by atoms with E-state index < -0.39 is 21.7 Å². The van der Waals surface area contributed by atoms with Crippen molar-refractivity contribution >= 4 is 15.7 Å². The van der Waals surface area contributed by atoms with Crippen LogP contribution in [0, 0.1) is 18.6 Å². The first-order chi connectivity index (χ1) is 12.3. The third-order valence-electron chi connectivity index (χ3n) is 3.82. The molecule has 0 radical (unpaired) electrons. The third-order valence-corrected chi connectivity index (χ3v) is 5.29. The van der Waals surface area contributed by atoms with Crippen molar-refractivity contribution in [1.29, 1.82) is 0 Å². The van der Waals surface area contributed by atoms with Gasteiger partial charge in [0.05, 0.1) is 16.3 Å². The molecule has 0 saturated heterocycles. The quantitative estimate of drug-likeness (QED) is 0.719. The SMILES string of the molecule is CCc1ccc(-c2cc(C)no2)cc1S(=O)(=O)Nc1ccc(F)c(F)c1. The summed E-state index contributed by atoms with van der Waals surface area (Å²) in [7, 11) is -4.01. The Morgan fingerprint density at radius 2 is 1.85 bits per heavy atom. The van der Waals surface area contributed by atoms with Gasteiger partial charge >= 0.3 is 0 Å². The number of sulfonamides is 1. The molecule has 0 amide bonds. The topological polar surface area (TPSA) is 72.2 Å². The Hall–Kier alpha value is -2.74. The average Bonchev–Trinajstić information content (AvgIpc) is 3.04. The number of rotatable bonds is 5. The normalized spacial score (nSPS) is 11.5. The molecule has 3 aromatic rings. The molecule has 136 valence electrons. The van der Waals surface area contributed by atoms with E-state index in [1.54, 1.807) is 25.1 Å². The second-order valence-electron chi connectivity index (χ2n) is 5.74. The zero-order chi connectivity index (χ0) is 18.9. The van der Waals surface area contributed by atoms with E-state index in [0.29, 0.717) is 29.0 Å². The lowest BCUT2D eigenvalue weighted by Crippen LogP contribution is -2.15. The molecule has 0 aliphatic carbocycles. The largest absolute Gasteiger partial charge is 0.356 e. The van der Waals surface area contributed by atoms with Crippen LogP contribution in [0.5, 0.6) is 0 Å². The van der Waals surface area contributed by atoms with Gasteiger partial charge in [0.25, 0.3) is 10.0 Å². The van der Waals surface area contributed by atoms with Crippen molar-refractivity contribution in [2.24, 2.45) is 0 Å². The van der Waals surface area contributed by atoms with E-state index in [-0.39, 0.29) is 10.6 Å². The average molecular weight is 378 g/mol. The van der Waals surface area contributed by atoms with E-state index in [1.165, 1.54) is 6.07 Å². The summed E-state index contributed by atoms with van der Waals surface area (Å²) in [4.78, 5) is 0.0382. The van der Waals surface area contributed by atoms with Crippen LogP contribution in [-0.4, -0.2) is 13.6 Å². The molecule has 2 aromatic carbocycles. The zero-order valence-corrected chi connectivity index (χ0v) is 14.9. The first kappa shape index (κ1) is 18.1. The van der Waals surface area contributed by atoms with Gasteiger partial charge in [-0.2, -0.15) is 0 Å². The molecule has 0 aliphatic heterocycles. The molecule has 0 atom stereocenters. The van der Waals surface area contributed by atoms with Crippen molar-refractivity contribution in [2.45, 2.75) is 25.2 Å². The van der Waals surface area contributed by atoms with E-state index in [0.717, 1.165) is 18.2 Å². The van der Waals surface area contributed by atoms with Crippen molar-refractivity contribution in [1.82, 2.24) is 5.16 Å². The maximum absolute atomic E-state index is 13.4. The number of hydrogen-bond donors (Lipinski definition) is 1. The van der Waals surface area contributed by atoms with Crippen molar-refractivity contribution < 1.29 is 21.7 Å².